The van der Waals surface area contributed by atoms with Gasteiger partial charge in [0.1, 0.15) is 5.75 Å². The van der Waals surface area contributed by atoms with Gasteiger partial charge in [0.05, 0.1) is 13.7 Å². The van der Waals surface area contributed by atoms with Crippen LogP contribution in [-0.2, 0) is 14.9 Å². The summed E-state index contributed by atoms with van der Waals surface area (Å²) < 4.78 is 10.2. The van der Waals surface area contributed by atoms with E-state index in [4.69, 9.17) is 9.47 Å². The largest absolute Gasteiger partial charge is 0.497 e. The number of hydrogen-bond acceptors (Lipinski definition) is 3. The Bertz CT molecular complexity index is 419. The van der Waals surface area contributed by atoms with Crippen LogP contribution >= 0.6 is 0 Å². The number of methoxy groups -OCH3 is 1. The molecule has 0 N–H and O–H groups in total. The second kappa shape index (κ2) is 8.71. The van der Waals surface area contributed by atoms with Crippen molar-refractivity contribution in [1.82, 2.24) is 0 Å². The smallest absolute Gasteiger partial charge is 0.305 e. The van der Waals surface area contributed by atoms with Crippen LogP contribution in [0.4, 0.5) is 0 Å². The van der Waals surface area contributed by atoms with Crippen LogP contribution in [0.1, 0.15) is 58.4 Å². The lowest BCUT2D eigenvalue weighted by Gasteiger charge is -2.42. The highest BCUT2D eigenvalue weighted by Crippen LogP contribution is 2.47. The van der Waals surface area contributed by atoms with E-state index in [0.717, 1.165) is 12.2 Å². The third-order valence-corrected chi connectivity index (χ3v) is 4.13. The van der Waals surface area contributed by atoms with Crippen LogP contribution in [0.2, 0.25) is 0 Å². The third kappa shape index (κ3) is 4.48. The normalized spacial score (nSPS) is 15.2. The quantitative estimate of drug-likeness (QED) is 0.725. The second-order valence-electron chi connectivity index (χ2n) is 5.17. The SMILES string of the molecule is CC.CCOC(=O)CCC1(c2ccc(OC)cc2)CCC1. The molecule has 0 unspecified atom stereocenters. The minimum atomic E-state index is -0.0812. The Morgan fingerprint density at radius 1 is 1.19 bits per heavy atom. The van der Waals surface area contributed by atoms with E-state index in [9.17, 15) is 4.79 Å². The first-order valence-corrected chi connectivity index (χ1v) is 8.00. The lowest BCUT2D eigenvalue weighted by Crippen LogP contribution is -2.34. The average Bonchev–Trinajstić information content (AvgIpc) is 2.49. The molecule has 1 aliphatic rings. The van der Waals surface area contributed by atoms with Gasteiger partial charge in [-0.15, -0.1) is 0 Å². The fourth-order valence-corrected chi connectivity index (χ4v) is 2.81. The Balaban J connectivity index is 0.00000106. The van der Waals surface area contributed by atoms with Crippen molar-refractivity contribution >= 4 is 5.97 Å². The van der Waals surface area contributed by atoms with Gasteiger partial charge in [-0.3, -0.25) is 4.79 Å². The van der Waals surface area contributed by atoms with Crippen molar-refractivity contribution in [2.45, 2.75) is 58.3 Å². The third-order valence-electron chi connectivity index (χ3n) is 4.13. The van der Waals surface area contributed by atoms with E-state index in [-0.39, 0.29) is 11.4 Å². The molecular formula is C18H28O3. The fraction of sp³-hybridized carbons (Fsp3) is 0.611. The molecule has 0 amide bonds. The topological polar surface area (TPSA) is 35.5 Å². The number of rotatable bonds is 6. The molecular weight excluding hydrogens is 264 g/mol. The average molecular weight is 292 g/mol. The van der Waals surface area contributed by atoms with Gasteiger partial charge in [0.15, 0.2) is 0 Å². The van der Waals surface area contributed by atoms with Crippen molar-refractivity contribution in [3.8, 4) is 5.75 Å². The Kier molecular flexibility index (Phi) is 7.27. The Morgan fingerprint density at radius 2 is 1.81 bits per heavy atom. The monoisotopic (exact) mass is 292 g/mol. The van der Waals surface area contributed by atoms with Crippen LogP contribution in [0.3, 0.4) is 0 Å². The Hall–Kier alpha value is -1.51. The van der Waals surface area contributed by atoms with E-state index in [1.54, 1.807) is 7.11 Å². The standard InChI is InChI=1S/C16H22O3.C2H6/c1-3-19-15(17)9-12-16(10-4-11-16)13-5-7-14(18-2)8-6-13;1-2/h5-8H,3-4,9-12H2,1-2H3;1-2H3. The molecule has 3 heteroatoms. The Morgan fingerprint density at radius 3 is 2.24 bits per heavy atom. The lowest BCUT2D eigenvalue weighted by atomic mass is 9.62. The highest BCUT2D eigenvalue weighted by atomic mass is 16.5. The molecule has 0 atom stereocenters. The van der Waals surface area contributed by atoms with Crippen LogP contribution in [0, 0.1) is 0 Å². The van der Waals surface area contributed by atoms with Crippen molar-refractivity contribution in [3.05, 3.63) is 29.8 Å². The zero-order valence-electron chi connectivity index (χ0n) is 13.8. The first kappa shape index (κ1) is 17.5. The zero-order chi connectivity index (χ0) is 15.7. The molecule has 1 aromatic carbocycles. The molecule has 3 nitrogen and oxygen atoms in total. The molecule has 2 rings (SSSR count). The molecule has 1 aliphatic carbocycles. The predicted molar refractivity (Wildman–Crippen MR) is 85.7 cm³/mol. The summed E-state index contributed by atoms with van der Waals surface area (Å²) >= 11 is 0. The van der Waals surface area contributed by atoms with Crippen molar-refractivity contribution < 1.29 is 14.3 Å². The maximum absolute atomic E-state index is 11.5. The van der Waals surface area contributed by atoms with Gasteiger partial charge in [-0.2, -0.15) is 0 Å². The number of carbonyl (C=O) groups excluding carboxylic acids is 1. The summed E-state index contributed by atoms with van der Waals surface area (Å²) in [7, 11) is 1.68. The van der Waals surface area contributed by atoms with Gasteiger partial charge in [-0.1, -0.05) is 32.4 Å². The summed E-state index contributed by atoms with van der Waals surface area (Å²) in [5.74, 6) is 0.797. The summed E-state index contributed by atoms with van der Waals surface area (Å²) in [5, 5.41) is 0. The molecule has 118 valence electrons. The maximum Gasteiger partial charge on any atom is 0.305 e. The summed E-state index contributed by atoms with van der Waals surface area (Å²) in [6, 6.07) is 8.26. The summed E-state index contributed by atoms with van der Waals surface area (Å²) in [4.78, 5) is 11.5. The van der Waals surface area contributed by atoms with Crippen LogP contribution in [0.25, 0.3) is 0 Å². The van der Waals surface area contributed by atoms with E-state index in [1.165, 1.54) is 24.8 Å². The number of benzene rings is 1. The van der Waals surface area contributed by atoms with Crippen molar-refractivity contribution in [2.24, 2.45) is 0 Å². The fourth-order valence-electron chi connectivity index (χ4n) is 2.81. The number of carbonyl (C=O) groups is 1. The number of ether oxygens (including phenoxy) is 2. The van der Waals surface area contributed by atoms with E-state index in [1.807, 2.05) is 32.9 Å². The predicted octanol–water partition coefficient (Wildman–Crippen LogP) is 4.49. The van der Waals surface area contributed by atoms with Gasteiger partial charge in [0.2, 0.25) is 0 Å². The molecule has 0 aromatic heterocycles. The molecule has 0 heterocycles. The molecule has 1 saturated carbocycles. The first-order chi connectivity index (χ1) is 10.2. The summed E-state index contributed by atoms with van der Waals surface area (Å²) in [5.41, 5.74) is 1.50. The molecule has 0 radical (unpaired) electrons. The molecule has 0 aliphatic heterocycles. The van der Waals surface area contributed by atoms with Crippen LogP contribution in [0.15, 0.2) is 24.3 Å². The molecule has 0 saturated heterocycles. The van der Waals surface area contributed by atoms with Gasteiger partial charge in [0.25, 0.3) is 0 Å². The van der Waals surface area contributed by atoms with Gasteiger partial charge < -0.3 is 9.47 Å². The minimum Gasteiger partial charge on any atom is -0.497 e. The van der Waals surface area contributed by atoms with Gasteiger partial charge >= 0.3 is 5.97 Å². The van der Waals surface area contributed by atoms with Crippen molar-refractivity contribution in [2.75, 3.05) is 13.7 Å². The summed E-state index contributed by atoms with van der Waals surface area (Å²) in [6.07, 6.45) is 4.98. The van der Waals surface area contributed by atoms with Gasteiger partial charge in [-0.25, -0.2) is 0 Å². The van der Waals surface area contributed by atoms with E-state index in [2.05, 4.69) is 12.1 Å². The second-order valence-corrected chi connectivity index (χ2v) is 5.17. The van der Waals surface area contributed by atoms with Crippen LogP contribution in [0.5, 0.6) is 5.75 Å². The van der Waals surface area contributed by atoms with Crippen LogP contribution < -0.4 is 4.74 Å². The van der Waals surface area contributed by atoms with Crippen molar-refractivity contribution in [1.29, 1.82) is 0 Å². The van der Waals surface area contributed by atoms with E-state index >= 15 is 0 Å². The molecule has 0 bridgehead atoms. The first-order valence-electron chi connectivity index (χ1n) is 8.00. The highest BCUT2D eigenvalue weighted by molar-refractivity contribution is 5.69. The maximum atomic E-state index is 11.5. The minimum absolute atomic E-state index is 0.0812. The lowest BCUT2D eigenvalue weighted by molar-refractivity contribution is -0.143. The Labute approximate surface area is 128 Å². The number of hydrogen-bond donors (Lipinski definition) is 0. The molecule has 1 aromatic rings. The highest BCUT2D eigenvalue weighted by Gasteiger charge is 2.38. The van der Waals surface area contributed by atoms with Crippen molar-refractivity contribution in [3.63, 3.8) is 0 Å². The van der Waals surface area contributed by atoms with Crippen LogP contribution in [-0.4, -0.2) is 19.7 Å². The van der Waals surface area contributed by atoms with E-state index in [0.29, 0.717) is 13.0 Å². The van der Waals surface area contributed by atoms with Gasteiger partial charge in [-0.05, 0) is 49.3 Å². The molecule has 21 heavy (non-hydrogen) atoms. The zero-order valence-corrected chi connectivity index (χ0v) is 13.8. The molecule has 1 fully saturated rings. The van der Waals surface area contributed by atoms with Gasteiger partial charge in [0, 0.05) is 6.42 Å². The number of esters is 1. The van der Waals surface area contributed by atoms with E-state index < -0.39 is 0 Å². The summed E-state index contributed by atoms with van der Waals surface area (Å²) in [6.45, 7) is 6.31. The molecule has 0 spiro atoms.